The zero-order valence-electron chi connectivity index (χ0n) is 7.63. The predicted molar refractivity (Wildman–Crippen MR) is 50.6 cm³/mol. The normalized spacial score (nSPS) is 18.8. The van der Waals surface area contributed by atoms with Crippen molar-refractivity contribution in [1.29, 1.82) is 0 Å². The van der Waals surface area contributed by atoms with E-state index in [1.54, 1.807) is 0 Å². The molecule has 2 N–H and O–H groups in total. The molecular weight excluding hydrogens is 184 g/mol. The van der Waals surface area contributed by atoms with E-state index in [-0.39, 0.29) is 5.56 Å². The maximum atomic E-state index is 13.4. The van der Waals surface area contributed by atoms with Crippen molar-refractivity contribution in [3.05, 3.63) is 47.5 Å². The molecule has 0 saturated carbocycles. The molecule has 0 radical (unpaired) electrons. The van der Waals surface area contributed by atoms with Crippen LogP contribution in [0.3, 0.4) is 0 Å². The first-order valence-electron chi connectivity index (χ1n) is 4.51. The predicted octanol–water partition coefficient (Wildman–Crippen LogP) is 2.47. The second-order valence-corrected chi connectivity index (χ2v) is 3.66. The number of benzene rings is 1. The van der Waals surface area contributed by atoms with E-state index in [2.05, 4.69) is 0 Å². The standard InChI is InChI=1S/C11H11F2N/c12-8-3-4-10(13)9(7-8)11(14)5-1-2-6-11/h1-4,7H,5-6,14H2. The molecule has 0 spiro atoms. The Morgan fingerprint density at radius 1 is 1.14 bits per heavy atom. The summed E-state index contributed by atoms with van der Waals surface area (Å²) in [5.41, 5.74) is 5.49. The van der Waals surface area contributed by atoms with Gasteiger partial charge < -0.3 is 5.73 Å². The third kappa shape index (κ3) is 1.44. The molecule has 0 aromatic heterocycles. The lowest BCUT2D eigenvalue weighted by Gasteiger charge is -2.24. The summed E-state index contributed by atoms with van der Waals surface area (Å²) in [5, 5.41) is 0. The zero-order chi connectivity index (χ0) is 10.2. The first kappa shape index (κ1) is 9.34. The minimum atomic E-state index is -0.758. The third-order valence-corrected chi connectivity index (χ3v) is 2.60. The van der Waals surface area contributed by atoms with Gasteiger partial charge in [-0.05, 0) is 31.0 Å². The molecule has 0 bridgehead atoms. The Morgan fingerprint density at radius 3 is 2.43 bits per heavy atom. The van der Waals surface area contributed by atoms with Crippen molar-refractivity contribution in [3.63, 3.8) is 0 Å². The Balaban J connectivity index is 2.45. The average molecular weight is 195 g/mol. The van der Waals surface area contributed by atoms with Crippen molar-refractivity contribution in [2.24, 2.45) is 5.73 Å². The average Bonchev–Trinajstić information content (AvgIpc) is 2.58. The van der Waals surface area contributed by atoms with Crippen LogP contribution in [0.1, 0.15) is 18.4 Å². The summed E-state index contributed by atoms with van der Waals surface area (Å²) < 4.78 is 26.3. The second-order valence-electron chi connectivity index (χ2n) is 3.66. The van der Waals surface area contributed by atoms with Gasteiger partial charge in [-0.3, -0.25) is 0 Å². The van der Waals surface area contributed by atoms with Gasteiger partial charge in [-0.2, -0.15) is 0 Å². The molecule has 0 saturated heterocycles. The molecule has 3 heteroatoms. The van der Waals surface area contributed by atoms with E-state index in [4.69, 9.17) is 5.73 Å². The molecule has 14 heavy (non-hydrogen) atoms. The summed E-state index contributed by atoms with van der Waals surface area (Å²) in [6, 6.07) is 3.41. The summed E-state index contributed by atoms with van der Waals surface area (Å²) >= 11 is 0. The highest BCUT2D eigenvalue weighted by molar-refractivity contribution is 5.30. The van der Waals surface area contributed by atoms with Gasteiger partial charge in [0.2, 0.25) is 0 Å². The molecule has 1 aliphatic rings. The van der Waals surface area contributed by atoms with Gasteiger partial charge in [0.05, 0.1) is 5.54 Å². The Labute approximate surface area is 81.2 Å². The molecule has 1 aliphatic carbocycles. The molecule has 0 amide bonds. The van der Waals surface area contributed by atoms with Crippen LogP contribution in [0.4, 0.5) is 8.78 Å². The molecule has 1 aromatic carbocycles. The molecule has 0 heterocycles. The molecule has 1 nitrogen and oxygen atoms in total. The van der Waals surface area contributed by atoms with Crippen LogP contribution in [0.25, 0.3) is 0 Å². The number of nitrogens with two attached hydrogens (primary N) is 1. The largest absolute Gasteiger partial charge is 0.321 e. The molecule has 74 valence electrons. The highest BCUT2D eigenvalue weighted by atomic mass is 19.1. The third-order valence-electron chi connectivity index (χ3n) is 2.60. The molecule has 0 fully saturated rings. The van der Waals surface area contributed by atoms with Gasteiger partial charge in [0.1, 0.15) is 11.6 Å². The van der Waals surface area contributed by atoms with E-state index in [1.807, 2.05) is 12.2 Å². The number of hydrogen-bond donors (Lipinski definition) is 1. The monoisotopic (exact) mass is 195 g/mol. The highest BCUT2D eigenvalue weighted by Gasteiger charge is 2.31. The van der Waals surface area contributed by atoms with Crippen LogP contribution in [-0.4, -0.2) is 0 Å². The van der Waals surface area contributed by atoms with Crippen molar-refractivity contribution in [3.8, 4) is 0 Å². The van der Waals surface area contributed by atoms with Crippen molar-refractivity contribution in [1.82, 2.24) is 0 Å². The Hall–Kier alpha value is -1.22. The van der Waals surface area contributed by atoms with E-state index in [1.165, 1.54) is 6.07 Å². The van der Waals surface area contributed by atoms with Gasteiger partial charge >= 0.3 is 0 Å². The lowest BCUT2D eigenvalue weighted by atomic mass is 9.88. The van der Waals surface area contributed by atoms with Crippen LogP contribution in [0.5, 0.6) is 0 Å². The van der Waals surface area contributed by atoms with E-state index in [0.717, 1.165) is 12.1 Å². The first-order valence-corrected chi connectivity index (χ1v) is 4.51. The minimum absolute atomic E-state index is 0.266. The van der Waals surface area contributed by atoms with Gasteiger partial charge in [0, 0.05) is 5.56 Å². The zero-order valence-corrected chi connectivity index (χ0v) is 7.63. The van der Waals surface area contributed by atoms with Crippen molar-refractivity contribution in [2.45, 2.75) is 18.4 Å². The van der Waals surface area contributed by atoms with Crippen LogP contribution < -0.4 is 5.73 Å². The number of rotatable bonds is 1. The van der Waals surface area contributed by atoms with Crippen LogP contribution in [0, 0.1) is 11.6 Å². The first-order chi connectivity index (χ1) is 6.62. The lowest BCUT2D eigenvalue weighted by molar-refractivity contribution is 0.443. The Bertz CT molecular complexity index is 377. The number of hydrogen-bond acceptors (Lipinski definition) is 1. The van der Waals surface area contributed by atoms with Gasteiger partial charge in [0.15, 0.2) is 0 Å². The summed E-state index contributed by atoms with van der Waals surface area (Å²) in [6.45, 7) is 0. The molecule has 2 rings (SSSR count). The molecule has 1 aromatic rings. The summed E-state index contributed by atoms with van der Waals surface area (Å²) in [6.07, 6.45) is 4.91. The highest BCUT2D eigenvalue weighted by Crippen LogP contribution is 2.33. The van der Waals surface area contributed by atoms with Crippen LogP contribution >= 0.6 is 0 Å². The quantitative estimate of drug-likeness (QED) is 0.684. The van der Waals surface area contributed by atoms with Crippen molar-refractivity contribution < 1.29 is 8.78 Å². The topological polar surface area (TPSA) is 26.0 Å². The SMILES string of the molecule is NC1(c2cc(F)ccc2F)CC=CC1. The van der Waals surface area contributed by atoms with Gasteiger partial charge in [0.25, 0.3) is 0 Å². The maximum absolute atomic E-state index is 13.4. The van der Waals surface area contributed by atoms with Crippen LogP contribution in [0.15, 0.2) is 30.4 Å². The van der Waals surface area contributed by atoms with E-state index < -0.39 is 17.2 Å². The van der Waals surface area contributed by atoms with Crippen LogP contribution in [0.2, 0.25) is 0 Å². The fourth-order valence-corrected chi connectivity index (χ4v) is 1.77. The van der Waals surface area contributed by atoms with Gasteiger partial charge in [-0.15, -0.1) is 0 Å². The van der Waals surface area contributed by atoms with E-state index >= 15 is 0 Å². The smallest absolute Gasteiger partial charge is 0.128 e. The fourth-order valence-electron chi connectivity index (χ4n) is 1.77. The molecule has 0 aliphatic heterocycles. The van der Waals surface area contributed by atoms with E-state index in [9.17, 15) is 8.78 Å². The lowest BCUT2D eigenvalue weighted by Crippen LogP contribution is -2.34. The molecule has 0 unspecified atom stereocenters. The van der Waals surface area contributed by atoms with Crippen LogP contribution in [-0.2, 0) is 5.54 Å². The summed E-state index contributed by atoms with van der Waals surface area (Å²) in [5.74, 6) is -0.879. The Kier molecular flexibility index (Phi) is 2.11. The number of halogens is 2. The Morgan fingerprint density at radius 2 is 1.79 bits per heavy atom. The van der Waals surface area contributed by atoms with E-state index in [0.29, 0.717) is 12.8 Å². The summed E-state index contributed by atoms with van der Waals surface area (Å²) in [7, 11) is 0. The second kappa shape index (κ2) is 3.17. The van der Waals surface area contributed by atoms with Crippen molar-refractivity contribution in [2.75, 3.05) is 0 Å². The molecule has 0 atom stereocenters. The maximum Gasteiger partial charge on any atom is 0.128 e. The van der Waals surface area contributed by atoms with Gasteiger partial charge in [-0.1, -0.05) is 12.2 Å². The summed E-state index contributed by atoms with van der Waals surface area (Å²) in [4.78, 5) is 0. The minimum Gasteiger partial charge on any atom is -0.321 e. The fraction of sp³-hybridized carbons (Fsp3) is 0.273. The van der Waals surface area contributed by atoms with Gasteiger partial charge in [-0.25, -0.2) is 8.78 Å². The molecular formula is C11H11F2N. The van der Waals surface area contributed by atoms with Crippen molar-refractivity contribution >= 4 is 0 Å².